The number of aromatic nitrogens is 1. The summed E-state index contributed by atoms with van der Waals surface area (Å²) >= 11 is 0. The molecule has 4 heterocycles. The topological polar surface area (TPSA) is 66.9 Å². The van der Waals surface area contributed by atoms with E-state index in [9.17, 15) is 4.79 Å². The zero-order valence-electron chi connectivity index (χ0n) is 21.0. The quantitative estimate of drug-likeness (QED) is 0.735. The van der Waals surface area contributed by atoms with Crippen molar-refractivity contribution in [2.45, 2.75) is 58.1 Å². The third-order valence-electron chi connectivity index (χ3n) is 7.94. The number of anilines is 2. The van der Waals surface area contributed by atoms with E-state index in [0.717, 1.165) is 69.4 Å². The highest BCUT2D eigenvalue weighted by Crippen LogP contribution is 2.32. The van der Waals surface area contributed by atoms with E-state index in [1.54, 1.807) is 0 Å². The van der Waals surface area contributed by atoms with Gasteiger partial charge >= 0.3 is 0 Å². The lowest BCUT2D eigenvalue weighted by Crippen LogP contribution is -2.56. The van der Waals surface area contributed by atoms with Gasteiger partial charge < -0.3 is 19.7 Å². The highest BCUT2D eigenvalue weighted by Gasteiger charge is 2.37. The number of benzene rings is 1. The lowest BCUT2D eigenvalue weighted by atomic mass is 9.88. The highest BCUT2D eigenvalue weighted by atomic mass is 16.5. The molecular formula is C27H38N4O3. The molecule has 1 N–H and O–H groups in total. The number of amides is 1. The first-order valence-corrected chi connectivity index (χ1v) is 12.7. The summed E-state index contributed by atoms with van der Waals surface area (Å²) in [5.74, 6) is 0.616. The molecule has 0 saturated carbocycles. The fraction of sp³-hybridized carbons (Fsp3) is 0.630. The maximum absolute atomic E-state index is 12.9. The third kappa shape index (κ3) is 4.79. The van der Waals surface area contributed by atoms with Crippen LogP contribution in [-0.4, -0.2) is 72.9 Å². The second kappa shape index (κ2) is 9.10. The fourth-order valence-corrected chi connectivity index (χ4v) is 5.78. The number of hydrogen-bond acceptors (Lipinski definition) is 6. The molecule has 3 aliphatic heterocycles. The predicted molar refractivity (Wildman–Crippen MR) is 135 cm³/mol. The first-order valence-electron chi connectivity index (χ1n) is 12.7. The summed E-state index contributed by atoms with van der Waals surface area (Å²) in [7, 11) is 0. The maximum Gasteiger partial charge on any atom is 0.228 e. The fourth-order valence-electron chi connectivity index (χ4n) is 5.78. The van der Waals surface area contributed by atoms with Gasteiger partial charge in [0.2, 0.25) is 5.91 Å². The van der Waals surface area contributed by atoms with Gasteiger partial charge in [0.15, 0.2) is 0 Å². The smallest absolute Gasteiger partial charge is 0.228 e. The normalized spacial score (nSPS) is 27.8. The molecule has 1 aromatic heterocycles. The molecule has 3 fully saturated rings. The van der Waals surface area contributed by atoms with Crippen LogP contribution in [0, 0.1) is 12.8 Å². The minimum atomic E-state index is -0.254. The number of carbonyl (C=O) groups excluding carboxylic acids is 1. The summed E-state index contributed by atoms with van der Waals surface area (Å²) in [4.78, 5) is 22.5. The molecule has 0 bridgehead atoms. The molecule has 1 amide bonds. The van der Waals surface area contributed by atoms with Gasteiger partial charge in [-0.3, -0.25) is 9.69 Å². The molecule has 34 heavy (non-hydrogen) atoms. The average Bonchev–Trinajstić information content (AvgIpc) is 3.26. The Morgan fingerprint density at radius 1 is 1.09 bits per heavy atom. The third-order valence-corrected chi connectivity index (χ3v) is 7.94. The number of carbonyl (C=O) groups is 1. The van der Waals surface area contributed by atoms with Crippen LogP contribution in [0.1, 0.15) is 45.6 Å². The van der Waals surface area contributed by atoms with Crippen LogP contribution in [0.4, 0.5) is 11.5 Å². The van der Waals surface area contributed by atoms with Gasteiger partial charge in [0, 0.05) is 68.1 Å². The Balaban J connectivity index is 1.30. The Kier molecular flexibility index (Phi) is 6.29. The molecule has 2 atom stereocenters. The van der Waals surface area contributed by atoms with Crippen molar-refractivity contribution in [3.05, 3.63) is 30.0 Å². The van der Waals surface area contributed by atoms with E-state index in [4.69, 9.17) is 9.47 Å². The van der Waals surface area contributed by atoms with Gasteiger partial charge in [-0.05, 0) is 76.1 Å². The first-order chi connectivity index (χ1) is 16.2. The van der Waals surface area contributed by atoms with E-state index >= 15 is 0 Å². The van der Waals surface area contributed by atoms with Crippen molar-refractivity contribution in [3.63, 3.8) is 0 Å². The molecule has 3 saturated heterocycles. The number of pyridine rings is 1. The van der Waals surface area contributed by atoms with Gasteiger partial charge in [-0.1, -0.05) is 0 Å². The Labute approximate surface area is 202 Å². The number of fused-ring (bicyclic) bond motifs is 1. The number of piperazine rings is 1. The largest absolute Gasteiger partial charge is 0.379 e. The summed E-state index contributed by atoms with van der Waals surface area (Å²) < 4.78 is 11.4. The predicted octanol–water partition coefficient (Wildman–Crippen LogP) is 3.99. The van der Waals surface area contributed by atoms with E-state index in [0.29, 0.717) is 12.4 Å². The van der Waals surface area contributed by atoms with Crippen LogP contribution in [0.2, 0.25) is 0 Å². The Morgan fingerprint density at radius 2 is 1.88 bits per heavy atom. The van der Waals surface area contributed by atoms with Crippen molar-refractivity contribution < 1.29 is 14.3 Å². The van der Waals surface area contributed by atoms with Gasteiger partial charge in [-0.25, -0.2) is 4.98 Å². The number of hydrogen-bond donors (Lipinski definition) is 1. The summed E-state index contributed by atoms with van der Waals surface area (Å²) in [6.45, 7) is 15.1. The molecule has 0 unspecified atom stereocenters. The van der Waals surface area contributed by atoms with E-state index in [1.165, 1.54) is 11.3 Å². The Morgan fingerprint density at radius 3 is 2.59 bits per heavy atom. The van der Waals surface area contributed by atoms with Crippen LogP contribution < -0.4 is 10.2 Å². The summed E-state index contributed by atoms with van der Waals surface area (Å²) in [6.07, 6.45) is 4.47. The summed E-state index contributed by atoms with van der Waals surface area (Å²) in [5, 5.41) is 5.26. The Bertz CT molecular complexity index is 1060. The zero-order valence-corrected chi connectivity index (χ0v) is 21.0. The molecule has 0 radical (unpaired) electrons. The lowest BCUT2D eigenvalue weighted by molar-refractivity contribution is -0.130. The summed E-state index contributed by atoms with van der Waals surface area (Å²) in [6, 6.07) is 6.48. The van der Waals surface area contributed by atoms with Crippen LogP contribution in [0.15, 0.2) is 24.4 Å². The SMILES string of the molecule is Cc1cc2cnc(NC(=O)[C@H]3CCOC(C)(C)C3)cc2cc1N1CCN([C@]2(C)CCOC2)CC1. The van der Waals surface area contributed by atoms with Crippen LogP contribution in [0.25, 0.3) is 10.8 Å². The number of nitrogens with zero attached hydrogens (tertiary/aromatic N) is 3. The van der Waals surface area contributed by atoms with Crippen molar-refractivity contribution in [1.29, 1.82) is 0 Å². The number of aryl methyl sites for hydroxylation is 1. The molecule has 7 nitrogen and oxygen atoms in total. The van der Waals surface area contributed by atoms with Crippen LogP contribution in [0.5, 0.6) is 0 Å². The molecule has 0 aliphatic carbocycles. The maximum atomic E-state index is 12.9. The second-order valence-electron chi connectivity index (χ2n) is 11.1. The van der Waals surface area contributed by atoms with Gasteiger partial charge in [0.25, 0.3) is 0 Å². The number of ether oxygens (including phenoxy) is 2. The van der Waals surface area contributed by atoms with Crippen molar-refractivity contribution in [2.75, 3.05) is 56.2 Å². The van der Waals surface area contributed by atoms with E-state index in [2.05, 4.69) is 46.1 Å². The molecule has 1 aromatic carbocycles. The van der Waals surface area contributed by atoms with Crippen LogP contribution in [0.3, 0.4) is 0 Å². The van der Waals surface area contributed by atoms with Crippen molar-refractivity contribution in [1.82, 2.24) is 9.88 Å². The van der Waals surface area contributed by atoms with E-state index < -0.39 is 0 Å². The second-order valence-corrected chi connectivity index (χ2v) is 11.1. The molecule has 3 aliphatic rings. The van der Waals surface area contributed by atoms with Gasteiger partial charge in [-0.15, -0.1) is 0 Å². The average molecular weight is 467 g/mol. The molecular weight excluding hydrogens is 428 g/mol. The molecule has 5 rings (SSSR count). The van der Waals surface area contributed by atoms with Crippen molar-refractivity contribution in [3.8, 4) is 0 Å². The standard InChI is InChI=1S/C27H38N4O3/c1-19-13-22-17-28-24(29-25(32)20-5-11-34-26(2,3)16-20)15-21(22)14-23(19)30-7-9-31(10-8-30)27(4)6-12-33-18-27/h13-15,17,20H,5-12,16,18H2,1-4H3,(H,28,29,32)/t20-,27+/m0/s1. The number of nitrogens with one attached hydrogen (secondary N) is 1. The van der Waals surface area contributed by atoms with E-state index in [-0.39, 0.29) is 23.0 Å². The van der Waals surface area contributed by atoms with Gasteiger partial charge in [-0.2, -0.15) is 0 Å². The summed E-state index contributed by atoms with van der Waals surface area (Å²) in [5.41, 5.74) is 2.47. The first kappa shape index (κ1) is 23.5. The Hall–Kier alpha value is -2.22. The zero-order chi connectivity index (χ0) is 23.9. The molecule has 7 heteroatoms. The highest BCUT2D eigenvalue weighted by molar-refractivity contribution is 5.95. The van der Waals surface area contributed by atoms with Crippen LogP contribution >= 0.6 is 0 Å². The molecule has 2 aromatic rings. The van der Waals surface area contributed by atoms with Crippen molar-refractivity contribution >= 4 is 28.2 Å². The van der Waals surface area contributed by atoms with Gasteiger partial charge in [0.05, 0.1) is 12.2 Å². The minimum absolute atomic E-state index is 0.0380. The molecule has 0 spiro atoms. The van der Waals surface area contributed by atoms with Gasteiger partial charge in [0.1, 0.15) is 5.82 Å². The lowest BCUT2D eigenvalue weighted by Gasteiger charge is -2.44. The van der Waals surface area contributed by atoms with Crippen molar-refractivity contribution in [2.24, 2.45) is 5.92 Å². The monoisotopic (exact) mass is 466 g/mol. The number of rotatable bonds is 4. The molecule has 184 valence electrons. The van der Waals surface area contributed by atoms with E-state index in [1.807, 2.05) is 26.1 Å². The van der Waals surface area contributed by atoms with Crippen LogP contribution in [-0.2, 0) is 14.3 Å². The minimum Gasteiger partial charge on any atom is -0.379 e.